The molecule has 1 aromatic heterocycles. The topological polar surface area (TPSA) is 37.4 Å². The molecule has 0 N–H and O–H groups in total. The first kappa shape index (κ1) is 18.8. The summed E-state index contributed by atoms with van der Waals surface area (Å²) in [6, 6.07) is 22.5. The van der Waals surface area contributed by atoms with Gasteiger partial charge in [-0.15, -0.1) is 11.3 Å². The molecular weight excluding hydrogens is 398 g/mol. The molecular formula is C24H23NO2S2. The van der Waals surface area contributed by atoms with Crippen molar-refractivity contribution in [3.63, 3.8) is 0 Å². The van der Waals surface area contributed by atoms with Crippen molar-refractivity contribution in [2.75, 3.05) is 13.1 Å². The number of fused-ring (bicyclic) bond motifs is 3. The van der Waals surface area contributed by atoms with Crippen LogP contribution in [0.4, 0.5) is 0 Å². The lowest BCUT2D eigenvalue weighted by Gasteiger charge is -2.31. The van der Waals surface area contributed by atoms with Gasteiger partial charge in [0.15, 0.2) is 0 Å². The van der Waals surface area contributed by atoms with Gasteiger partial charge in [0, 0.05) is 33.3 Å². The molecule has 0 aliphatic carbocycles. The van der Waals surface area contributed by atoms with Gasteiger partial charge in [-0.05, 0) is 61.6 Å². The Morgan fingerprint density at radius 2 is 1.55 bits per heavy atom. The van der Waals surface area contributed by atoms with Crippen molar-refractivity contribution in [1.29, 1.82) is 0 Å². The van der Waals surface area contributed by atoms with Crippen molar-refractivity contribution < 1.29 is 8.42 Å². The van der Waals surface area contributed by atoms with Gasteiger partial charge in [0.25, 0.3) is 0 Å². The number of rotatable bonds is 3. The van der Waals surface area contributed by atoms with Crippen molar-refractivity contribution >= 4 is 41.5 Å². The Balaban J connectivity index is 1.37. The highest BCUT2D eigenvalue weighted by molar-refractivity contribution is 7.89. The lowest BCUT2D eigenvalue weighted by atomic mass is 9.89. The summed E-state index contributed by atoms with van der Waals surface area (Å²) < 4.78 is 30.2. The number of aryl methyl sites for hydroxylation is 1. The largest absolute Gasteiger partial charge is 0.243 e. The van der Waals surface area contributed by atoms with Gasteiger partial charge in [-0.3, -0.25) is 0 Å². The molecule has 3 aromatic carbocycles. The van der Waals surface area contributed by atoms with E-state index in [4.69, 9.17) is 0 Å². The fourth-order valence-corrected chi connectivity index (χ4v) is 6.84. The highest BCUT2D eigenvalue weighted by atomic mass is 32.2. The molecule has 2 heterocycles. The molecule has 3 nitrogen and oxygen atoms in total. The summed E-state index contributed by atoms with van der Waals surface area (Å²) >= 11 is 1.83. The van der Waals surface area contributed by atoms with Crippen molar-refractivity contribution in [1.82, 2.24) is 4.31 Å². The zero-order valence-corrected chi connectivity index (χ0v) is 18.0. The van der Waals surface area contributed by atoms with Crippen LogP contribution >= 0.6 is 11.3 Å². The van der Waals surface area contributed by atoms with Gasteiger partial charge in [-0.2, -0.15) is 4.31 Å². The van der Waals surface area contributed by atoms with E-state index in [1.54, 1.807) is 16.4 Å². The van der Waals surface area contributed by atoms with E-state index < -0.39 is 10.0 Å². The summed E-state index contributed by atoms with van der Waals surface area (Å²) in [5.41, 5.74) is 2.40. The Kier molecular flexibility index (Phi) is 4.69. The minimum absolute atomic E-state index is 0.396. The molecule has 0 radical (unpaired) electrons. The Morgan fingerprint density at radius 3 is 2.31 bits per heavy atom. The first-order chi connectivity index (χ1) is 14.0. The first-order valence-electron chi connectivity index (χ1n) is 10.0. The van der Waals surface area contributed by atoms with Crippen LogP contribution in [-0.4, -0.2) is 25.8 Å². The second-order valence-electron chi connectivity index (χ2n) is 7.85. The van der Waals surface area contributed by atoms with E-state index in [1.807, 2.05) is 30.4 Å². The van der Waals surface area contributed by atoms with Gasteiger partial charge in [0.05, 0.1) is 4.90 Å². The van der Waals surface area contributed by atoms with E-state index in [2.05, 4.69) is 42.5 Å². The molecule has 1 aliphatic heterocycles. The fraction of sp³-hybridized carbons (Fsp3) is 0.250. The summed E-state index contributed by atoms with van der Waals surface area (Å²) in [6.45, 7) is 3.11. The number of benzene rings is 3. The number of sulfonamides is 1. The number of hydrogen-bond donors (Lipinski definition) is 0. The summed E-state index contributed by atoms with van der Waals surface area (Å²) in [4.78, 5) is 0.396. The summed E-state index contributed by atoms with van der Waals surface area (Å²) in [5, 5.41) is 2.63. The van der Waals surface area contributed by atoms with Crippen molar-refractivity contribution in [2.24, 2.45) is 0 Å². The quantitative estimate of drug-likeness (QED) is 0.411. The van der Waals surface area contributed by atoms with Gasteiger partial charge in [0.2, 0.25) is 10.0 Å². The summed E-state index contributed by atoms with van der Waals surface area (Å²) in [5.74, 6) is 0.405. The van der Waals surface area contributed by atoms with Crippen LogP contribution in [0, 0.1) is 6.92 Å². The summed E-state index contributed by atoms with van der Waals surface area (Å²) in [6.07, 6.45) is 1.72. The van der Waals surface area contributed by atoms with Crippen molar-refractivity contribution in [3.05, 3.63) is 77.9 Å². The maximum absolute atomic E-state index is 13.0. The average Bonchev–Trinajstić information content (AvgIpc) is 3.12. The smallest absolute Gasteiger partial charge is 0.207 e. The third kappa shape index (κ3) is 3.37. The van der Waals surface area contributed by atoms with E-state index >= 15 is 0 Å². The van der Waals surface area contributed by atoms with Crippen LogP contribution in [0.25, 0.3) is 20.2 Å². The van der Waals surface area contributed by atoms with Gasteiger partial charge < -0.3 is 0 Å². The predicted octanol–water partition coefficient (Wildman–Crippen LogP) is 5.93. The highest BCUT2D eigenvalue weighted by Crippen LogP contribution is 2.37. The zero-order chi connectivity index (χ0) is 20.0. The second kappa shape index (κ2) is 7.24. The molecule has 0 amide bonds. The molecule has 1 aliphatic rings. The molecule has 29 heavy (non-hydrogen) atoms. The van der Waals surface area contributed by atoms with E-state index in [0.717, 1.165) is 18.4 Å². The number of piperidine rings is 1. The minimum Gasteiger partial charge on any atom is -0.207 e. The van der Waals surface area contributed by atoms with E-state index in [1.165, 1.54) is 25.7 Å². The normalized spacial score (nSPS) is 16.6. The molecule has 0 saturated carbocycles. The predicted molar refractivity (Wildman–Crippen MR) is 121 cm³/mol. The summed E-state index contributed by atoms with van der Waals surface area (Å²) in [7, 11) is -3.40. The van der Waals surface area contributed by atoms with Crippen LogP contribution in [0.2, 0.25) is 0 Å². The lowest BCUT2D eigenvalue weighted by Crippen LogP contribution is -2.37. The van der Waals surface area contributed by atoms with Gasteiger partial charge in [0.1, 0.15) is 0 Å². The lowest BCUT2D eigenvalue weighted by molar-refractivity contribution is 0.319. The Bertz CT molecular complexity index is 1280. The van der Waals surface area contributed by atoms with E-state index in [-0.39, 0.29) is 0 Å². The molecule has 1 saturated heterocycles. The standard InChI is InChI=1S/C24H23NO2S2/c1-17-6-9-20(10-7-17)29(26,27)25-14-12-18(13-15-25)19-8-11-24-22(16-19)21-4-2-3-5-23(21)28-24/h2-11,16,18H,12-15H2,1H3. The number of thiophene rings is 1. The van der Waals surface area contributed by atoms with Crippen LogP contribution in [0.5, 0.6) is 0 Å². The SMILES string of the molecule is Cc1ccc(S(=O)(=O)N2CCC(c3ccc4sc5ccccc5c4c3)CC2)cc1. The van der Waals surface area contributed by atoms with Gasteiger partial charge >= 0.3 is 0 Å². The second-order valence-corrected chi connectivity index (χ2v) is 10.9. The molecule has 0 bridgehead atoms. The minimum atomic E-state index is -3.40. The molecule has 0 unspecified atom stereocenters. The third-order valence-corrected chi connectivity index (χ3v) is 9.05. The Hall–Kier alpha value is -2.21. The molecule has 0 atom stereocenters. The van der Waals surface area contributed by atoms with Crippen molar-refractivity contribution in [3.8, 4) is 0 Å². The van der Waals surface area contributed by atoms with Crippen LogP contribution < -0.4 is 0 Å². The maximum Gasteiger partial charge on any atom is 0.243 e. The molecule has 1 fully saturated rings. The average molecular weight is 422 g/mol. The monoisotopic (exact) mass is 421 g/mol. The van der Waals surface area contributed by atoms with Gasteiger partial charge in [-0.25, -0.2) is 8.42 Å². The zero-order valence-electron chi connectivity index (χ0n) is 16.3. The molecule has 0 spiro atoms. The first-order valence-corrected chi connectivity index (χ1v) is 12.3. The maximum atomic E-state index is 13.0. The fourth-order valence-electron chi connectivity index (χ4n) is 4.29. The highest BCUT2D eigenvalue weighted by Gasteiger charge is 2.30. The molecule has 5 rings (SSSR count). The van der Waals surface area contributed by atoms with E-state index in [0.29, 0.717) is 23.9 Å². The Labute approximate surface area is 175 Å². The Morgan fingerprint density at radius 1 is 0.862 bits per heavy atom. The van der Waals surface area contributed by atoms with Crippen molar-refractivity contribution in [2.45, 2.75) is 30.6 Å². The van der Waals surface area contributed by atoms with Crippen LogP contribution in [0.1, 0.15) is 29.9 Å². The number of hydrogen-bond acceptors (Lipinski definition) is 3. The molecule has 148 valence electrons. The van der Waals surface area contributed by atoms with Crippen LogP contribution in [0.3, 0.4) is 0 Å². The van der Waals surface area contributed by atoms with Crippen LogP contribution in [-0.2, 0) is 10.0 Å². The third-order valence-electron chi connectivity index (χ3n) is 5.98. The van der Waals surface area contributed by atoms with E-state index in [9.17, 15) is 8.42 Å². The number of nitrogens with zero attached hydrogens (tertiary/aromatic N) is 1. The molecule has 5 heteroatoms. The van der Waals surface area contributed by atoms with Gasteiger partial charge in [-0.1, -0.05) is 42.0 Å². The molecule has 4 aromatic rings. The van der Waals surface area contributed by atoms with Crippen LogP contribution in [0.15, 0.2) is 71.6 Å².